The third-order valence-electron chi connectivity index (χ3n) is 3.83. The van der Waals surface area contributed by atoms with Crippen LogP contribution in [0.15, 0.2) is 18.2 Å². The summed E-state index contributed by atoms with van der Waals surface area (Å²) in [7, 11) is 0. The van der Waals surface area contributed by atoms with E-state index in [9.17, 15) is 8.78 Å². The highest BCUT2D eigenvalue weighted by Crippen LogP contribution is 2.24. The zero-order valence-electron chi connectivity index (χ0n) is 11.6. The first kappa shape index (κ1) is 14.3. The van der Waals surface area contributed by atoms with Gasteiger partial charge in [-0.25, -0.2) is 8.78 Å². The highest BCUT2D eigenvalue weighted by atomic mass is 19.2. The minimum absolute atomic E-state index is 0.508. The van der Waals surface area contributed by atoms with Crippen molar-refractivity contribution in [2.75, 3.05) is 24.5 Å². The minimum Gasteiger partial charge on any atom is -0.371 e. The molecule has 2 unspecified atom stereocenters. The first-order chi connectivity index (χ1) is 9.11. The quantitative estimate of drug-likeness (QED) is 0.902. The van der Waals surface area contributed by atoms with Gasteiger partial charge in [-0.2, -0.15) is 0 Å². The van der Waals surface area contributed by atoms with Gasteiger partial charge >= 0.3 is 0 Å². The molecule has 2 rings (SSSR count). The molecule has 1 fully saturated rings. The second kappa shape index (κ2) is 6.33. The fourth-order valence-corrected chi connectivity index (χ4v) is 2.69. The van der Waals surface area contributed by atoms with E-state index in [4.69, 9.17) is 0 Å². The second-order valence-corrected chi connectivity index (χ2v) is 5.37. The summed E-state index contributed by atoms with van der Waals surface area (Å²) >= 11 is 0. The Morgan fingerprint density at radius 1 is 1.32 bits per heavy atom. The van der Waals surface area contributed by atoms with Crippen LogP contribution >= 0.6 is 0 Å². The molecule has 2 atom stereocenters. The van der Waals surface area contributed by atoms with Gasteiger partial charge in [-0.3, -0.25) is 0 Å². The summed E-state index contributed by atoms with van der Waals surface area (Å²) in [5, 5.41) is 3.55. The summed E-state index contributed by atoms with van der Waals surface area (Å²) in [6.45, 7) is 7.18. The number of rotatable bonds is 4. The number of piperidine rings is 1. The first-order valence-electron chi connectivity index (χ1n) is 7.05. The minimum atomic E-state index is -0.781. The van der Waals surface area contributed by atoms with E-state index < -0.39 is 11.6 Å². The molecule has 1 aliphatic heterocycles. The van der Waals surface area contributed by atoms with Gasteiger partial charge in [0.15, 0.2) is 11.6 Å². The molecule has 1 aliphatic rings. The van der Waals surface area contributed by atoms with Gasteiger partial charge in [0.25, 0.3) is 0 Å². The third-order valence-corrected chi connectivity index (χ3v) is 3.83. The summed E-state index contributed by atoms with van der Waals surface area (Å²) in [6, 6.07) is 4.69. The topological polar surface area (TPSA) is 15.3 Å². The van der Waals surface area contributed by atoms with Gasteiger partial charge in [-0.1, -0.05) is 13.8 Å². The summed E-state index contributed by atoms with van der Waals surface area (Å²) in [5.41, 5.74) is 0.777. The Hall–Kier alpha value is -1.16. The van der Waals surface area contributed by atoms with Crippen LogP contribution in [-0.2, 0) is 0 Å². The molecule has 1 heterocycles. The lowest BCUT2D eigenvalue weighted by molar-refractivity contribution is 0.322. The zero-order chi connectivity index (χ0) is 13.8. The van der Waals surface area contributed by atoms with E-state index in [1.165, 1.54) is 12.1 Å². The average Bonchev–Trinajstić information content (AvgIpc) is 2.40. The molecule has 1 aromatic rings. The van der Waals surface area contributed by atoms with E-state index in [1.54, 1.807) is 6.07 Å². The Morgan fingerprint density at radius 3 is 2.74 bits per heavy atom. The number of hydrogen-bond acceptors (Lipinski definition) is 2. The zero-order valence-corrected chi connectivity index (χ0v) is 11.6. The monoisotopic (exact) mass is 268 g/mol. The van der Waals surface area contributed by atoms with Crippen LogP contribution in [0.4, 0.5) is 14.5 Å². The van der Waals surface area contributed by atoms with Crippen LogP contribution < -0.4 is 10.2 Å². The summed E-state index contributed by atoms with van der Waals surface area (Å²) in [6.07, 6.45) is 2.18. The van der Waals surface area contributed by atoms with E-state index in [0.29, 0.717) is 12.0 Å². The SMILES string of the molecule is CCCNC1CCN(c2ccc(F)c(F)c2)CC1C. The standard InChI is InChI=1S/C15H22F2N2/c1-3-7-18-15-6-8-19(10-11(15)2)12-4-5-13(16)14(17)9-12/h4-5,9,11,15,18H,3,6-8,10H2,1-2H3. The van der Waals surface area contributed by atoms with Crippen LogP contribution in [0, 0.1) is 17.6 Å². The average molecular weight is 268 g/mol. The largest absolute Gasteiger partial charge is 0.371 e. The number of nitrogens with zero attached hydrogens (tertiary/aromatic N) is 1. The van der Waals surface area contributed by atoms with Gasteiger partial charge in [-0.05, 0) is 37.4 Å². The summed E-state index contributed by atoms with van der Waals surface area (Å²) in [5.74, 6) is -1.04. The molecule has 1 N–H and O–H groups in total. The van der Waals surface area contributed by atoms with Gasteiger partial charge < -0.3 is 10.2 Å². The van der Waals surface area contributed by atoms with Crippen LogP contribution in [0.3, 0.4) is 0 Å². The molecule has 0 aromatic heterocycles. The Bertz CT molecular complexity index is 423. The normalized spacial score (nSPS) is 23.7. The molecule has 0 aliphatic carbocycles. The van der Waals surface area contributed by atoms with Gasteiger partial charge in [0.2, 0.25) is 0 Å². The number of benzene rings is 1. The molecular formula is C15H22F2N2. The predicted molar refractivity (Wildman–Crippen MR) is 74.4 cm³/mol. The molecule has 19 heavy (non-hydrogen) atoms. The van der Waals surface area contributed by atoms with Gasteiger partial charge in [0.1, 0.15) is 0 Å². The van der Waals surface area contributed by atoms with Crippen LogP contribution in [0.25, 0.3) is 0 Å². The fraction of sp³-hybridized carbons (Fsp3) is 0.600. The summed E-state index contributed by atoms with van der Waals surface area (Å²) < 4.78 is 26.2. The van der Waals surface area contributed by atoms with Crippen molar-refractivity contribution in [3.63, 3.8) is 0 Å². The number of nitrogens with one attached hydrogen (secondary N) is 1. The molecule has 0 radical (unpaired) electrons. The van der Waals surface area contributed by atoms with E-state index in [0.717, 1.165) is 38.2 Å². The van der Waals surface area contributed by atoms with Crippen molar-refractivity contribution in [2.24, 2.45) is 5.92 Å². The first-order valence-corrected chi connectivity index (χ1v) is 7.05. The van der Waals surface area contributed by atoms with Crippen molar-refractivity contribution >= 4 is 5.69 Å². The van der Waals surface area contributed by atoms with Gasteiger partial charge in [0.05, 0.1) is 0 Å². The maximum absolute atomic E-state index is 13.3. The number of halogens is 2. The van der Waals surface area contributed by atoms with Crippen molar-refractivity contribution in [1.82, 2.24) is 5.32 Å². The lowest BCUT2D eigenvalue weighted by atomic mass is 9.93. The number of anilines is 1. The molecule has 0 saturated carbocycles. The Kier molecular flexibility index (Phi) is 4.75. The van der Waals surface area contributed by atoms with Crippen molar-refractivity contribution in [3.05, 3.63) is 29.8 Å². The number of hydrogen-bond donors (Lipinski definition) is 1. The highest BCUT2D eigenvalue weighted by Gasteiger charge is 2.25. The molecule has 0 bridgehead atoms. The molecule has 106 valence electrons. The maximum Gasteiger partial charge on any atom is 0.160 e. The fourth-order valence-electron chi connectivity index (χ4n) is 2.69. The van der Waals surface area contributed by atoms with Gasteiger partial charge in [-0.15, -0.1) is 0 Å². The van der Waals surface area contributed by atoms with E-state index >= 15 is 0 Å². The molecule has 1 saturated heterocycles. The second-order valence-electron chi connectivity index (χ2n) is 5.37. The molecule has 0 spiro atoms. The molecular weight excluding hydrogens is 246 g/mol. The lowest BCUT2D eigenvalue weighted by Crippen LogP contribution is -2.48. The Morgan fingerprint density at radius 2 is 2.11 bits per heavy atom. The smallest absolute Gasteiger partial charge is 0.160 e. The van der Waals surface area contributed by atoms with Crippen molar-refractivity contribution in [3.8, 4) is 0 Å². The molecule has 1 aromatic carbocycles. The third kappa shape index (κ3) is 3.44. The van der Waals surface area contributed by atoms with Crippen LogP contribution in [0.1, 0.15) is 26.7 Å². The van der Waals surface area contributed by atoms with E-state index in [2.05, 4.69) is 24.1 Å². The van der Waals surface area contributed by atoms with Crippen LogP contribution in [0.5, 0.6) is 0 Å². The van der Waals surface area contributed by atoms with Crippen molar-refractivity contribution < 1.29 is 8.78 Å². The molecule has 2 nitrogen and oxygen atoms in total. The lowest BCUT2D eigenvalue weighted by Gasteiger charge is -2.38. The summed E-state index contributed by atoms with van der Waals surface area (Å²) in [4.78, 5) is 2.14. The Balaban J connectivity index is 1.99. The van der Waals surface area contributed by atoms with Gasteiger partial charge in [0, 0.05) is 30.9 Å². The maximum atomic E-state index is 13.3. The highest BCUT2D eigenvalue weighted by molar-refractivity contribution is 5.47. The van der Waals surface area contributed by atoms with Crippen molar-refractivity contribution in [2.45, 2.75) is 32.7 Å². The van der Waals surface area contributed by atoms with E-state index in [1.807, 2.05) is 0 Å². The van der Waals surface area contributed by atoms with E-state index in [-0.39, 0.29) is 0 Å². The van der Waals surface area contributed by atoms with Crippen LogP contribution in [0.2, 0.25) is 0 Å². The molecule has 4 heteroatoms. The van der Waals surface area contributed by atoms with Crippen LogP contribution in [-0.4, -0.2) is 25.7 Å². The predicted octanol–water partition coefficient (Wildman–Crippen LogP) is 3.18. The Labute approximate surface area is 113 Å². The molecule has 0 amide bonds. The van der Waals surface area contributed by atoms with Crippen molar-refractivity contribution in [1.29, 1.82) is 0 Å².